The zero-order valence-electron chi connectivity index (χ0n) is 18.1. The number of nitrogens with zero attached hydrogens (tertiary/aromatic N) is 2. The fourth-order valence-electron chi connectivity index (χ4n) is 4.40. The zero-order valence-corrected chi connectivity index (χ0v) is 18.1. The maximum absolute atomic E-state index is 12.8. The summed E-state index contributed by atoms with van der Waals surface area (Å²) < 4.78 is 0. The lowest BCUT2D eigenvalue weighted by Gasteiger charge is -2.43. The molecule has 2 aliphatic rings. The normalized spacial score (nSPS) is 23.5. The van der Waals surface area contributed by atoms with E-state index in [0.29, 0.717) is 25.6 Å². The number of hydrogen-bond donors (Lipinski definition) is 2. The van der Waals surface area contributed by atoms with Crippen molar-refractivity contribution in [3.8, 4) is 0 Å². The zero-order chi connectivity index (χ0) is 20.9. The van der Waals surface area contributed by atoms with E-state index in [1.54, 1.807) is 4.90 Å². The number of carbonyl (C=O) groups is 2. The van der Waals surface area contributed by atoms with E-state index in [0.717, 1.165) is 31.6 Å². The average molecular weight is 401 g/mol. The summed E-state index contributed by atoms with van der Waals surface area (Å²) in [7, 11) is 0. The molecule has 0 saturated carbocycles. The van der Waals surface area contributed by atoms with Crippen molar-refractivity contribution in [2.24, 2.45) is 11.8 Å². The van der Waals surface area contributed by atoms with E-state index >= 15 is 0 Å². The summed E-state index contributed by atoms with van der Waals surface area (Å²) in [5.41, 5.74) is 0.727. The van der Waals surface area contributed by atoms with Gasteiger partial charge in [-0.2, -0.15) is 0 Å². The Morgan fingerprint density at radius 1 is 1.07 bits per heavy atom. The molecule has 0 radical (unpaired) electrons. The molecule has 160 valence electrons. The summed E-state index contributed by atoms with van der Waals surface area (Å²) in [5, 5.41) is 6.10. The van der Waals surface area contributed by atoms with Crippen LogP contribution in [0.2, 0.25) is 0 Å². The first-order valence-corrected chi connectivity index (χ1v) is 11.0. The van der Waals surface area contributed by atoms with Gasteiger partial charge in [0.2, 0.25) is 5.91 Å². The highest BCUT2D eigenvalue weighted by atomic mass is 16.2. The number of nitrogens with one attached hydrogen (secondary N) is 2. The predicted molar refractivity (Wildman–Crippen MR) is 117 cm³/mol. The van der Waals surface area contributed by atoms with E-state index in [-0.39, 0.29) is 23.4 Å². The third-order valence-corrected chi connectivity index (χ3v) is 6.31. The highest BCUT2D eigenvalue weighted by Gasteiger charge is 2.33. The van der Waals surface area contributed by atoms with Crippen molar-refractivity contribution in [3.63, 3.8) is 0 Å². The molecule has 2 unspecified atom stereocenters. The second-order valence-corrected chi connectivity index (χ2v) is 9.30. The molecule has 1 aromatic rings. The first-order chi connectivity index (χ1) is 13.8. The van der Waals surface area contributed by atoms with Crippen molar-refractivity contribution < 1.29 is 9.59 Å². The first-order valence-electron chi connectivity index (χ1n) is 11.0. The van der Waals surface area contributed by atoms with E-state index in [9.17, 15) is 9.59 Å². The fourth-order valence-corrected chi connectivity index (χ4v) is 4.40. The molecule has 0 spiro atoms. The van der Waals surface area contributed by atoms with Crippen molar-refractivity contribution in [1.29, 1.82) is 0 Å². The number of benzene rings is 1. The van der Waals surface area contributed by atoms with Gasteiger partial charge < -0.3 is 15.5 Å². The average Bonchev–Trinajstić information content (AvgIpc) is 2.73. The van der Waals surface area contributed by atoms with E-state index in [2.05, 4.69) is 36.3 Å². The summed E-state index contributed by atoms with van der Waals surface area (Å²) in [6, 6.07) is 9.32. The lowest BCUT2D eigenvalue weighted by Crippen LogP contribution is -2.56. The number of para-hydroxylation sites is 1. The van der Waals surface area contributed by atoms with Crippen molar-refractivity contribution in [1.82, 2.24) is 15.1 Å². The number of rotatable bonds is 5. The molecule has 0 bridgehead atoms. The van der Waals surface area contributed by atoms with Crippen LogP contribution in [-0.2, 0) is 4.79 Å². The second-order valence-electron chi connectivity index (χ2n) is 9.30. The van der Waals surface area contributed by atoms with Gasteiger partial charge in [0.05, 0.1) is 5.92 Å². The van der Waals surface area contributed by atoms with Crippen LogP contribution >= 0.6 is 0 Å². The van der Waals surface area contributed by atoms with Gasteiger partial charge in [-0.1, -0.05) is 25.1 Å². The van der Waals surface area contributed by atoms with Gasteiger partial charge in [0.15, 0.2) is 0 Å². The molecule has 29 heavy (non-hydrogen) atoms. The van der Waals surface area contributed by atoms with Crippen LogP contribution in [0.25, 0.3) is 0 Å². The molecule has 6 nitrogen and oxygen atoms in total. The van der Waals surface area contributed by atoms with Gasteiger partial charge >= 0.3 is 6.03 Å². The van der Waals surface area contributed by atoms with Crippen molar-refractivity contribution in [3.05, 3.63) is 30.3 Å². The number of hydrogen-bond acceptors (Lipinski definition) is 3. The molecule has 0 aliphatic carbocycles. The molecule has 0 aromatic heterocycles. The van der Waals surface area contributed by atoms with E-state index in [4.69, 9.17) is 0 Å². The minimum Gasteiger partial charge on any atom is -0.354 e. The number of piperidine rings is 2. The number of urea groups is 1. The lowest BCUT2D eigenvalue weighted by atomic mass is 9.93. The van der Waals surface area contributed by atoms with Gasteiger partial charge in [0.1, 0.15) is 0 Å². The first kappa shape index (κ1) is 21.6. The Morgan fingerprint density at radius 2 is 1.79 bits per heavy atom. The summed E-state index contributed by atoms with van der Waals surface area (Å²) in [6.45, 7) is 10.7. The Kier molecular flexibility index (Phi) is 7.17. The molecular weight excluding hydrogens is 364 g/mol. The quantitative estimate of drug-likeness (QED) is 0.794. The van der Waals surface area contributed by atoms with Gasteiger partial charge in [0, 0.05) is 37.4 Å². The molecule has 2 N–H and O–H groups in total. The van der Waals surface area contributed by atoms with Crippen LogP contribution in [0.5, 0.6) is 0 Å². The number of anilines is 1. The molecule has 1 aromatic carbocycles. The predicted octanol–water partition coefficient (Wildman–Crippen LogP) is 3.56. The summed E-state index contributed by atoms with van der Waals surface area (Å²) in [6.07, 6.45) is 4.21. The number of likely N-dealkylation sites (tertiary alicyclic amines) is 2. The molecule has 2 heterocycles. The van der Waals surface area contributed by atoms with Crippen molar-refractivity contribution in [2.45, 2.75) is 52.0 Å². The van der Waals surface area contributed by atoms with E-state index in [1.807, 2.05) is 30.3 Å². The SMILES string of the molecule is CC1CCCN(C(C)(C)CNC(=O)C2CCCN(C(=O)Nc3ccccc3)C2)C1. The van der Waals surface area contributed by atoms with Gasteiger partial charge in [-0.25, -0.2) is 4.79 Å². The highest BCUT2D eigenvalue weighted by Crippen LogP contribution is 2.24. The van der Waals surface area contributed by atoms with Crippen LogP contribution in [0.4, 0.5) is 10.5 Å². The Hall–Kier alpha value is -2.08. The van der Waals surface area contributed by atoms with Gasteiger partial charge in [0.25, 0.3) is 0 Å². The Morgan fingerprint density at radius 3 is 2.52 bits per heavy atom. The fraction of sp³-hybridized carbons (Fsp3) is 0.652. The third kappa shape index (κ3) is 5.95. The Bertz CT molecular complexity index is 691. The van der Waals surface area contributed by atoms with Gasteiger partial charge in [-0.3, -0.25) is 9.69 Å². The molecule has 3 amide bonds. The van der Waals surface area contributed by atoms with Crippen LogP contribution in [-0.4, -0.2) is 60.0 Å². The second kappa shape index (κ2) is 9.61. The molecule has 3 rings (SSSR count). The van der Waals surface area contributed by atoms with Crippen molar-refractivity contribution in [2.75, 3.05) is 38.0 Å². The summed E-state index contributed by atoms with van der Waals surface area (Å²) >= 11 is 0. The smallest absolute Gasteiger partial charge is 0.321 e. The minimum absolute atomic E-state index is 0.0522. The molecule has 6 heteroatoms. The monoisotopic (exact) mass is 400 g/mol. The summed E-state index contributed by atoms with van der Waals surface area (Å²) in [5.74, 6) is 0.649. The Balaban J connectivity index is 1.49. The van der Waals surface area contributed by atoms with Crippen molar-refractivity contribution >= 4 is 17.6 Å². The van der Waals surface area contributed by atoms with Gasteiger partial charge in [-0.15, -0.1) is 0 Å². The largest absolute Gasteiger partial charge is 0.354 e. The third-order valence-electron chi connectivity index (χ3n) is 6.31. The van der Waals surface area contributed by atoms with Crippen LogP contribution in [0, 0.1) is 11.8 Å². The van der Waals surface area contributed by atoms with Crippen LogP contribution in [0.15, 0.2) is 30.3 Å². The maximum atomic E-state index is 12.8. The maximum Gasteiger partial charge on any atom is 0.321 e. The van der Waals surface area contributed by atoms with E-state index < -0.39 is 0 Å². The minimum atomic E-state index is -0.138. The molecular formula is C23H36N4O2. The van der Waals surface area contributed by atoms with Crippen LogP contribution in [0.1, 0.15) is 46.5 Å². The molecule has 2 aliphatic heterocycles. The van der Waals surface area contributed by atoms with E-state index in [1.165, 1.54) is 12.8 Å². The lowest BCUT2D eigenvalue weighted by molar-refractivity contribution is -0.126. The highest BCUT2D eigenvalue weighted by molar-refractivity contribution is 5.90. The number of amides is 3. The van der Waals surface area contributed by atoms with Gasteiger partial charge in [-0.05, 0) is 64.1 Å². The standard InChI is InChI=1S/C23H36N4O2/c1-18-9-7-14-27(15-18)23(2,3)17-24-21(28)19-10-8-13-26(16-19)22(29)25-20-11-5-4-6-12-20/h4-6,11-12,18-19H,7-10,13-17H2,1-3H3,(H,24,28)(H,25,29). The van der Waals surface area contributed by atoms with Crippen LogP contribution < -0.4 is 10.6 Å². The summed E-state index contributed by atoms with van der Waals surface area (Å²) in [4.78, 5) is 29.7. The Labute approximate surface area is 175 Å². The van der Waals surface area contributed by atoms with Crippen LogP contribution in [0.3, 0.4) is 0 Å². The molecule has 2 fully saturated rings. The molecule has 2 saturated heterocycles. The molecule has 2 atom stereocenters. The topological polar surface area (TPSA) is 64.7 Å². The number of carbonyl (C=O) groups excluding carboxylic acids is 2.